The van der Waals surface area contributed by atoms with Crippen LogP contribution >= 0.6 is 12.2 Å². The highest BCUT2D eigenvalue weighted by atomic mass is 32.1. The van der Waals surface area contributed by atoms with E-state index in [1.807, 2.05) is 0 Å². The first kappa shape index (κ1) is 12.5. The molecule has 0 bridgehead atoms. The lowest BCUT2D eigenvalue weighted by atomic mass is 9.97. The van der Waals surface area contributed by atoms with Crippen LogP contribution in [0.5, 0.6) is 0 Å². The normalized spacial score (nSPS) is 14.2. The van der Waals surface area contributed by atoms with Crippen LogP contribution in [0.25, 0.3) is 0 Å². The Balaban J connectivity index is 1.91. The predicted molar refractivity (Wildman–Crippen MR) is 75.3 cm³/mol. The molecule has 1 aliphatic rings. The molecule has 98 valence electrons. The van der Waals surface area contributed by atoms with Crippen molar-refractivity contribution in [1.29, 1.82) is 0 Å². The van der Waals surface area contributed by atoms with Crippen molar-refractivity contribution in [2.45, 2.75) is 32.1 Å². The second-order valence-electron chi connectivity index (χ2n) is 4.96. The van der Waals surface area contributed by atoms with Gasteiger partial charge in [0.05, 0.1) is 0 Å². The van der Waals surface area contributed by atoms with E-state index in [9.17, 15) is 4.39 Å². The minimum absolute atomic E-state index is 0.213. The zero-order valence-corrected chi connectivity index (χ0v) is 11.4. The highest BCUT2D eigenvalue weighted by molar-refractivity contribution is 7.71. The van der Waals surface area contributed by atoms with E-state index in [1.165, 1.54) is 36.2 Å². The number of H-pyrrole nitrogens is 1. The van der Waals surface area contributed by atoms with Gasteiger partial charge in [0.2, 0.25) is 0 Å². The summed E-state index contributed by atoms with van der Waals surface area (Å²) in [4.78, 5) is 7.87. The smallest absolute Gasteiger partial charge is 0.133 e. The molecule has 3 rings (SSSR count). The lowest BCUT2D eigenvalue weighted by Crippen LogP contribution is -2.10. The molecule has 1 N–H and O–H groups in total. The van der Waals surface area contributed by atoms with E-state index in [4.69, 9.17) is 12.2 Å². The van der Waals surface area contributed by atoms with Crippen molar-refractivity contribution in [3.63, 3.8) is 0 Å². The predicted octanol–water partition coefficient (Wildman–Crippen LogP) is 3.75. The Morgan fingerprint density at radius 2 is 1.89 bits per heavy atom. The maximum Gasteiger partial charge on any atom is 0.133 e. The van der Waals surface area contributed by atoms with Crippen LogP contribution in [-0.2, 0) is 19.3 Å². The zero-order valence-electron chi connectivity index (χ0n) is 10.6. The second-order valence-corrected chi connectivity index (χ2v) is 5.34. The van der Waals surface area contributed by atoms with Gasteiger partial charge in [-0.15, -0.1) is 0 Å². The van der Waals surface area contributed by atoms with Crippen molar-refractivity contribution >= 4 is 12.2 Å². The Morgan fingerprint density at radius 1 is 1.16 bits per heavy atom. The molecule has 0 aliphatic heterocycles. The molecule has 0 atom stereocenters. The molecule has 0 amide bonds. The van der Waals surface area contributed by atoms with Gasteiger partial charge in [0, 0.05) is 17.7 Å². The van der Waals surface area contributed by atoms with Crippen molar-refractivity contribution in [1.82, 2.24) is 9.97 Å². The van der Waals surface area contributed by atoms with Gasteiger partial charge < -0.3 is 4.98 Å². The molecule has 1 aliphatic carbocycles. The number of benzene rings is 1. The molecule has 0 radical (unpaired) electrons. The van der Waals surface area contributed by atoms with E-state index in [-0.39, 0.29) is 5.82 Å². The molecule has 0 saturated carbocycles. The quantitative estimate of drug-likeness (QED) is 0.845. The van der Waals surface area contributed by atoms with Crippen molar-refractivity contribution in [3.05, 3.63) is 57.4 Å². The van der Waals surface area contributed by atoms with Gasteiger partial charge >= 0.3 is 0 Å². The lowest BCUT2D eigenvalue weighted by molar-refractivity contribution is 0.627. The third kappa shape index (κ3) is 2.73. The molecule has 19 heavy (non-hydrogen) atoms. The van der Waals surface area contributed by atoms with E-state index in [2.05, 4.69) is 9.97 Å². The van der Waals surface area contributed by atoms with E-state index >= 15 is 0 Å². The average molecular weight is 274 g/mol. The van der Waals surface area contributed by atoms with E-state index < -0.39 is 0 Å². The van der Waals surface area contributed by atoms with Crippen molar-refractivity contribution in [3.8, 4) is 0 Å². The number of halogens is 1. The van der Waals surface area contributed by atoms with Crippen LogP contribution in [0.3, 0.4) is 0 Å². The first-order chi connectivity index (χ1) is 9.22. The first-order valence-corrected chi connectivity index (χ1v) is 6.98. The largest absolute Gasteiger partial charge is 0.347 e. The molecule has 1 aromatic carbocycles. The summed E-state index contributed by atoms with van der Waals surface area (Å²) in [5.41, 5.74) is 3.49. The Morgan fingerprint density at radius 3 is 2.68 bits per heavy atom. The maximum atomic E-state index is 12.9. The Labute approximate surface area is 116 Å². The zero-order chi connectivity index (χ0) is 13.2. The molecule has 2 nitrogen and oxygen atoms in total. The molecule has 1 aromatic heterocycles. The summed E-state index contributed by atoms with van der Waals surface area (Å²) in [6.45, 7) is 0. The monoisotopic (exact) mass is 274 g/mol. The Bertz CT molecular complexity index is 646. The summed E-state index contributed by atoms with van der Waals surface area (Å²) in [6, 6.07) is 6.52. The van der Waals surface area contributed by atoms with Crippen LogP contribution in [0.15, 0.2) is 24.3 Å². The molecule has 0 fully saturated rings. The van der Waals surface area contributed by atoms with Crippen molar-refractivity contribution < 1.29 is 4.39 Å². The highest BCUT2D eigenvalue weighted by Crippen LogP contribution is 2.20. The van der Waals surface area contributed by atoms with Gasteiger partial charge in [-0.25, -0.2) is 9.37 Å². The van der Waals surface area contributed by atoms with Gasteiger partial charge in [-0.2, -0.15) is 0 Å². The fraction of sp³-hybridized carbons (Fsp3) is 0.333. The molecule has 0 unspecified atom stereocenters. The van der Waals surface area contributed by atoms with E-state index in [0.717, 1.165) is 28.9 Å². The molecule has 2 aromatic rings. The summed E-state index contributed by atoms with van der Waals surface area (Å²) in [7, 11) is 0. The number of aryl methyl sites for hydroxylation is 1. The number of aromatic amines is 1. The first-order valence-electron chi connectivity index (χ1n) is 6.58. The fourth-order valence-corrected chi connectivity index (χ4v) is 2.89. The lowest BCUT2D eigenvalue weighted by Gasteiger charge is -2.16. The van der Waals surface area contributed by atoms with Crippen LogP contribution in [0, 0.1) is 10.5 Å². The molecule has 0 saturated heterocycles. The minimum Gasteiger partial charge on any atom is -0.347 e. The van der Waals surface area contributed by atoms with E-state index in [1.54, 1.807) is 12.1 Å². The number of nitrogens with zero attached hydrogens (tertiary/aromatic N) is 1. The summed E-state index contributed by atoms with van der Waals surface area (Å²) >= 11 is 5.37. The summed E-state index contributed by atoms with van der Waals surface area (Å²) in [6.07, 6.45) is 5.16. The number of aromatic nitrogens is 2. The van der Waals surface area contributed by atoms with Gasteiger partial charge in [-0.3, -0.25) is 0 Å². The summed E-state index contributed by atoms with van der Waals surface area (Å²) in [5, 5.41) is 0. The van der Waals surface area contributed by atoms with Gasteiger partial charge in [-0.1, -0.05) is 24.4 Å². The molecular formula is C15H15FN2S. The van der Waals surface area contributed by atoms with Crippen molar-refractivity contribution in [2.24, 2.45) is 0 Å². The number of rotatable bonds is 2. The second kappa shape index (κ2) is 5.21. The van der Waals surface area contributed by atoms with Crippen LogP contribution in [-0.4, -0.2) is 9.97 Å². The fourth-order valence-electron chi connectivity index (χ4n) is 2.55. The summed E-state index contributed by atoms with van der Waals surface area (Å²) < 4.78 is 13.6. The van der Waals surface area contributed by atoms with Gasteiger partial charge in [0.15, 0.2) is 0 Å². The van der Waals surface area contributed by atoms with Crippen LogP contribution in [0.4, 0.5) is 4.39 Å². The number of hydrogen-bond donors (Lipinski definition) is 1. The van der Waals surface area contributed by atoms with Crippen molar-refractivity contribution in [2.75, 3.05) is 0 Å². The van der Waals surface area contributed by atoms with Crippen LogP contribution < -0.4 is 0 Å². The Kier molecular flexibility index (Phi) is 3.42. The highest BCUT2D eigenvalue weighted by Gasteiger charge is 2.13. The SMILES string of the molecule is Fc1ccc(Cc2nc(=S)c3c([nH]2)CCCC3)cc1. The Hall–Kier alpha value is -1.55. The standard InChI is InChI=1S/C15H15FN2S/c16-11-7-5-10(6-8-11)9-14-17-13-4-2-1-3-12(13)15(19)18-14/h5-8H,1-4,9H2,(H,17,18,19). The molecule has 1 heterocycles. The van der Waals surface area contributed by atoms with Gasteiger partial charge in [-0.05, 0) is 43.4 Å². The topological polar surface area (TPSA) is 28.7 Å². The van der Waals surface area contributed by atoms with Gasteiger partial charge in [0.25, 0.3) is 0 Å². The van der Waals surface area contributed by atoms with Gasteiger partial charge in [0.1, 0.15) is 16.3 Å². The van der Waals surface area contributed by atoms with E-state index in [0.29, 0.717) is 6.42 Å². The molecular weight excluding hydrogens is 259 g/mol. The minimum atomic E-state index is -0.213. The number of hydrogen-bond acceptors (Lipinski definition) is 2. The third-order valence-corrected chi connectivity index (χ3v) is 3.88. The molecule has 0 spiro atoms. The number of fused-ring (bicyclic) bond motifs is 1. The number of nitrogens with one attached hydrogen (secondary N) is 1. The third-order valence-electron chi connectivity index (χ3n) is 3.54. The average Bonchev–Trinajstić information content (AvgIpc) is 2.42. The summed E-state index contributed by atoms with van der Waals surface area (Å²) in [5.74, 6) is 0.660. The van der Waals surface area contributed by atoms with Crippen LogP contribution in [0.1, 0.15) is 35.5 Å². The van der Waals surface area contributed by atoms with Crippen LogP contribution in [0.2, 0.25) is 0 Å². The maximum absolute atomic E-state index is 12.9. The molecule has 4 heteroatoms.